The van der Waals surface area contributed by atoms with E-state index < -0.39 is 35.7 Å². The van der Waals surface area contributed by atoms with E-state index in [9.17, 15) is 27.9 Å². The number of benzene rings is 2. The molecule has 0 saturated carbocycles. The smallest absolute Gasteiger partial charge is 0.437 e. The van der Waals surface area contributed by atoms with Crippen molar-refractivity contribution in [3.8, 4) is 11.5 Å². The number of carbonyl (C=O) groups excluding carboxylic acids is 2. The van der Waals surface area contributed by atoms with Crippen molar-refractivity contribution in [1.82, 2.24) is 10.6 Å². The minimum Gasteiger partial charge on any atom is -0.454 e. The lowest BCUT2D eigenvalue weighted by Gasteiger charge is -2.45. The van der Waals surface area contributed by atoms with Gasteiger partial charge in [0, 0.05) is 10.6 Å². The molecule has 4 rings (SSSR count). The minimum atomic E-state index is -5.34. The fourth-order valence-corrected chi connectivity index (χ4v) is 3.64. The zero-order valence-electron chi connectivity index (χ0n) is 15.0. The van der Waals surface area contributed by atoms with Crippen LogP contribution in [0.5, 0.6) is 11.5 Å². The molecule has 2 heterocycles. The molecule has 0 unspecified atom stereocenters. The van der Waals surface area contributed by atoms with Gasteiger partial charge < -0.3 is 25.2 Å². The van der Waals surface area contributed by atoms with Gasteiger partial charge in [0.2, 0.25) is 12.5 Å². The first-order valence-corrected chi connectivity index (χ1v) is 9.05. The van der Waals surface area contributed by atoms with Gasteiger partial charge in [-0.2, -0.15) is 13.2 Å². The van der Waals surface area contributed by atoms with E-state index >= 15 is 0 Å². The van der Waals surface area contributed by atoms with E-state index in [1.54, 1.807) is 0 Å². The Labute approximate surface area is 172 Å². The van der Waals surface area contributed by atoms with Crippen LogP contribution in [0.4, 0.5) is 18.0 Å². The van der Waals surface area contributed by atoms with E-state index in [0.29, 0.717) is 5.75 Å². The average Bonchev–Trinajstić information content (AvgIpc) is 3.14. The van der Waals surface area contributed by atoms with Gasteiger partial charge in [-0.15, -0.1) is 0 Å². The van der Waals surface area contributed by atoms with Crippen LogP contribution < -0.4 is 20.1 Å². The maximum Gasteiger partial charge on any atom is 0.437 e. The molecule has 3 atom stereocenters. The summed E-state index contributed by atoms with van der Waals surface area (Å²) in [7, 11) is 0. The van der Waals surface area contributed by atoms with E-state index in [4.69, 9.17) is 21.1 Å². The maximum absolute atomic E-state index is 13.9. The Morgan fingerprint density at radius 3 is 2.47 bits per heavy atom. The molecule has 158 valence electrons. The molecule has 2 amide bonds. The third kappa shape index (κ3) is 3.31. The number of ether oxygens (including phenoxy) is 2. The van der Waals surface area contributed by atoms with Crippen molar-refractivity contribution in [1.29, 1.82) is 0 Å². The number of alkyl halides is 3. The minimum absolute atomic E-state index is 0.0724. The Morgan fingerprint density at radius 1 is 1.13 bits per heavy atom. The van der Waals surface area contributed by atoms with Crippen molar-refractivity contribution in [3.63, 3.8) is 0 Å². The molecule has 2 aliphatic rings. The first-order valence-electron chi connectivity index (χ1n) is 8.67. The lowest BCUT2D eigenvalue weighted by Crippen LogP contribution is -2.72. The lowest BCUT2D eigenvalue weighted by molar-refractivity contribution is -0.287. The van der Waals surface area contributed by atoms with Gasteiger partial charge in [0.1, 0.15) is 5.92 Å². The van der Waals surface area contributed by atoms with Gasteiger partial charge in [0.25, 0.3) is 0 Å². The predicted molar refractivity (Wildman–Crippen MR) is 97.3 cm³/mol. The second-order valence-electron chi connectivity index (χ2n) is 6.80. The molecule has 0 spiro atoms. The number of Topliss-reactive ketones (excluding diaryl/α,β-unsaturated/α-hetero) is 1. The highest BCUT2D eigenvalue weighted by molar-refractivity contribution is 6.30. The number of fused-ring (bicyclic) bond motifs is 1. The number of halogens is 4. The van der Waals surface area contributed by atoms with Crippen LogP contribution in [0.1, 0.15) is 22.0 Å². The van der Waals surface area contributed by atoms with Crippen LogP contribution in [0.3, 0.4) is 0 Å². The average molecular weight is 443 g/mol. The van der Waals surface area contributed by atoms with Crippen LogP contribution in [0.2, 0.25) is 5.02 Å². The van der Waals surface area contributed by atoms with Crippen LogP contribution >= 0.6 is 11.6 Å². The monoisotopic (exact) mass is 442 g/mol. The summed E-state index contributed by atoms with van der Waals surface area (Å²) in [5, 5.41) is 14.6. The largest absolute Gasteiger partial charge is 0.454 e. The van der Waals surface area contributed by atoms with Crippen molar-refractivity contribution < 1.29 is 37.3 Å². The molecule has 7 nitrogen and oxygen atoms in total. The zero-order valence-corrected chi connectivity index (χ0v) is 15.8. The molecule has 0 aromatic heterocycles. The summed E-state index contributed by atoms with van der Waals surface area (Å²) in [6.45, 7) is -0.0724. The molecule has 0 radical (unpaired) electrons. The summed E-state index contributed by atoms with van der Waals surface area (Å²) in [5.41, 5.74) is -3.80. The van der Waals surface area contributed by atoms with Crippen molar-refractivity contribution in [2.75, 3.05) is 6.79 Å². The summed E-state index contributed by atoms with van der Waals surface area (Å²) in [6, 6.07) is 6.57. The van der Waals surface area contributed by atoms with Gasteiger partial charge in [0.05, 0.1) is 6.04 Å². The van der Waals surface area contributed by atoms with Crippen LogP contribution in [0.25, 0.3) is 0 Å². The van der Waals surface area contributed by atoms with Crippen LogP contribution in [0.15, 0.2) is 42.5 Å². The molecule has 0 aliphatic carbocycles. The van der Waals surface area contributed by atoms with Crippen molar-refractivity contribution in [2.24, 2.45) is 5.92 Å². The van der Waals surface area contributed by atoms with E-state index in [0.717, 1.165) is 0 Å². The van der Waals surface area contributed by atoms with Crippen molar-refractivity contribution in [2.45, 2.75) is 17.9 Å². The molecule has 1 saturated heterocycles. The fraction of sp³-hybridized carbons (Fsp3) is 0.263. The number of hydrogen-bond acceptors (Lipinski definition) is 5. The Bertz CT molecular complexity index is 1010. The van der Waals surface area contributed by atoms with Gasteiger partial charge >= 0.3 is 12.2 Å². The summed E-state index contributed by atoms with van der Waals surface area (Å²) in [6.07, 6.45) is -5.34. The standard InChI is InChI=1S/C19H14ClF3N2O5/c20-11-4-1-9(2-5-11)16(26)14-15(10-3-6-12-13(7-10)30-8-29-12)24-17(27)25-18(14,28)19(21,22)23/h1-7,14-15,28H,8H2,(H2,24,25,27)/t14-,15+,18+/m0/s1. The van der Waals surface area contributed by atoms with Crippen molar-refractivity contribution in [3.05, 3.63) is 58.6 Å². The number of rotatable bonds is 3. The Kier molecular flexibility index (Phi) is 4.78. The number of nitrogens with one attached hydrogen (secondary N) is 2. The number of ketones is 1. The molecular formula is C19H14ClF3N2O5. The summed E-state index contributed by atoms with van der Waals surface area (Å²) in [5.74, 6) is -2.57. The first kappa shape index (κ1) is 20.3. The predicted octanol–water partition coefficient (Wildman–Crippen LogP) is 3.17. The maximum atomic E-state index is 13.9. The van der Waals surface area contributed by atoms with E-state index in [1.807, 2.05) is 0 Å². The van der Waals surface area contributed by atoms with E-state index in [-0.39, 0.29) is 28.7 Å². The van der Waals surface area contributed by atoms with E-state index in [2.05, 4.69) is 5.32 Å². The highest BCUT2D eigenvalue weighted by Crippen LogP contribution is 2.45. The topological polar surface area (TPSA) is 96.9 Å². The molecule has 2 aliphatic heterocycles. The zero-order chi connectivity index (χ0) is 21.7. The Morgan fingerprint density at radius 2 is 1.80 bits per heavy atom. The highest BCUT2D eigenvalue weighted by Gasteiger charge is 2.66. The number of carbonyl (C=O) groups is 2. The first-order chi connectivity index (χ1) is 14.1. The molecular weight excluding hydrogens is 429 g/mol. The van der Waals surface area contributed by atoms with Gasteiger partial charge in [0.15, 0.2) is 17.3 Å². The number of amides is 2. The number of aliphatic hydroxyl groups is 1. The SMILES string of the molecule is O=C1N[C@H](c2ccc3c(c2)OCO3)[C@@H](C(=O)c2ccc(Cl)cc2)[C@@](O)(C(F)(F)F)N1. The molecule has 3 N–H and O–H groups in total. The quantitative estimate of drug-likeness (QED) is 0.634. The van der Waals surface area contributed by atoms with Crippen LogP contribution in [-0.2, 0) is 0 Å². The Hall–Kier alpha value is -2.98. The van der Waals surface area contributed by atoms with Crippen LogP contribution in [0, 0.1) is 5.92 Å². The molecule has 0 bridgehead atoms. The fourth-order valence-electron chi connectivity index (χ4n) is 3.52. The number of urea groups is 1. The lowest BCUT2D eigenvalue weighted by atomic mass is 9.77. The third-order valence-electron chi connectivity index (χ3n) is 4.97. The molecule has 1 fully saturated rings. The number of hydrogen-bond donors (Lipinski definition) is 3. The van der Waals surface area contributed by atoms with E-state index in [1.165, 1.54) is 47.8 Å². The summed E-state index contributed by atoms with van der Waals surface area (Å²) >= 11 is 5.79. The third-order valence-corrected chi connectivity index (χ3v) is 5.23. The summed E-state index contributed by atoms with van der Waals surface area (Å²) < 4.78 is 52.1. The van der Waals surface area contributed by atoms with Gasteiger partial charge in [-0.3, -0.25) is 4.79 Å². The van der Waals surface area contributed by atoms with Gasteiger partial charge in [-0.1, -0.05) is 17.7 Å². The summed E-state index contributed by atoms with van der Waals surface area (Å²) in [4.78, 5) is 25.2. The van der Waals surface area contributed by atoms with Crippen molar-refractivity contribution >= 4 is 23.4 Å². The second-order valence-corrected chi connectivity index (χ2v) is 7.24. The normalized spacial score (nSPS) is 25.4. The van der Waals surface area contributed by atoms with Gasteiger partial charge in [-0.05, 0) is 42.0 Å². The molecule has 2 aromatic carbocycles. The molecule has 30 heavy (non-hydrogen) atoms. The molecule has 11 heteroatoms. The highest BCUT2D eigenvalue weighted by atomic mass is 35.5. The molecule has 2 aromatic rings. The van der Waals surface area contributed by atoms with Crippen LogP contribution in [-0.4, -0.2) is 35.6 Å². The second kappa shape index (κ2) is 7.06. The van der Waals surface area contributed by atoms with Gasteiger partial charge in [-0.25, -0.2) is 4.79 Å². The Balaban J connectivity index is 1.84.